The van der Waals surface area contributed by atoms with E-state index in [-0.39, 0.29) is 30.6 Å². The van der Waals surface area contributed by atoms with Crippen LogP contribution < -0.4 is 10.6 Å². The lowest BCUT2D eigenvalue weighted by atomic mass is 10.1. The van der Waals surface area contributed by atoms with Gasteiger partial charge in [-0.25, -0.2) is 0 Å². The quantitative estimate of drug-likeness (QED) is 0.473. The number of nitro benzene ring substituents is 1. The molecule has 0 radical (unpaired) electrons. The van der Waals surface area contributed by atoms with Gasteiger partial charge in [-0.1, -0.05) is 0 Å². The van der Waals surface area contributed by atoms with Crippen LogP contribution in [0.15, 0.2) is 42.7 Å². The second-order valence-corrected chi connectivity index (χ2v) is 5.01. The van der Waals surface area contributed by atoms with Gasteiger partial charge in [0.05, 0.1) is 10.5 Å². The van der Waals surface area contributed by atoms with E-state index in [0.29, 0.717) is 16.7 Å². The highest BCUT2D eigenvalue weighted by atomic mass is 16.6. The second kappa shape index (κ2) is 7.82. The maximum atomic E-state index is 12.0. The SMILES string of the molecule is Cc1cc(C(=O)NCCNC(=O)c2cccnc2)ccc1[N+](=O)[O-]. The number of carbonyl (C=O) groups is 2. The minimum Gasteiger partial charge on any atom is -0.350 e. The molecule has 24 heavy (non-hydrogen) atoms. The molecule has 0 spiro atoms. The number of aryl methyl sites for hydroxylation is 1. The standard InChI is InChI=1S/C16H16N4O4/c1-11-9-12(4-5-14(11)20(23)24)15(21)18-7-8-19-16(22)13-3-2-6-17-10-13/h2-6,9-10H,7-8H2,1H3,(H,18,21)(H,19,22). The molecule has 0 aliphatic heterocycles. The van der Waals surface area contributed by atoms with Crippen LogP contribution in [-0.2, 0) is 0 Å². The summed E-state index contributed by atoms with van der Waals surface area (Å²) in [6, 6.07) is 7.46. The van der Waals surface area contributed by atoms with Crippen molar-refractivity contribution in [3.05, 3.63) is 69.5 Å². The van der Waals surface area contributed by atoms with Gasteiger partial charge in [-0.05, 0) is 31.2 Å². The van der Waals surface area contributed by atoms with Gasteiger partial charge in [-0.2, -0.15) is 0 Å². The molecular formula is C16H16N4O4. The number of hydrogen-bond donors (Lipinski definition) is 2. The van der Waals surface area contributed by atoms with E-state index in [1.807, 2.05) is 0 Å². The van der Waals surface area contributed by atoms with Crippen LogP contribution in [0.2, 0.25) is 0 Å². The molecule has 0 unspecified atom stereocenters. The molecule has 1 heterocycles. The van der Waals surface area contributed by atoms with E-state index < -0.39 is 4.92 Å². The molecule has 2 aromatic rings. The zero-order valence-electron chi connectivity index (χ0n) is 13.0. The molecule has 0 aliphatic carbocycles. The third-order valence-corrected chi connectivity index (χ3v) is 3.28. The molecule has 1 aromatic heterocycles. The van der Waals surface area contributed by atoms with Gasteiger partial charge in [-0.3, -0.25) is 24.7 Å². The molecule has 2 N–H and O–H groups in total. The van der Waals surface area contributed by atoms with Crippen molar-refractivity contribution < 1.29 is 14.5 Å². The summed E-state index contributed by atoms with van der Waals surface area (Å²) in [7, 11) is 0. The maximum Gasteiger partial charge on any atom is 0.272 e. The molecule has 8 heteroatoms. The van der Waals surface area contributed by atoms with Gasteiger partial charge in [0.15, 0.2) is 0 Å². The summed E-state index contributed by atoms with van der Waals surface area (Å²) in [5, 5.41) is 16.1. The first-order chi connectivity index (χ1) is 11.5. The van der Waals surface area contributed by atoms with Crippen LogP contribution in [0.5, 0.6) is 0 Å². The maximum absolute atomic E-state index is 12.0. The van der Waals surface area contributed by atoms with Crippen LogP contribution >= 0.6 is 0 Å². The van der Waals surface area contributed by atoms with Crippen molar-refractivity contribution in [2.75, 3.05) is 13.1 Å². The number of nitro groups is 1. The molecule has 124 valence electrons. The Labute approximate surface area is 138 Å². The zero-order valence-corrected chi connectivity index (χ0v) is 13.0. The smallest absolute Gasteiger partial charge is 0.272 e. The van der Waals surface area contributed by atoms with Gasteiger partial charge in [0, 0.05) is 42.7 Å². The minimum atomic E-state index is -0.495. The Kier molecular flexibility index (Phi) is 5.56. The molecule has 0 saturated heterocycles. The highest BCUT2D eigenvalue weighted by Gasteiger charge is 2.13. The lowest BCUT2D eigenvalue weighted by molar-refractivity contribution is -0.385. The molecule has 0 fully saturated rings. The first-order valence-corrected chi connectivity index (χ1v) is 7.20. The Balaban J connectivity index is 1.82. The fraction of sp³-hybridized carbons (Fsp3) is 0.188. The predicted octanol–water partition coefficient (Wildman–Crippen LogP) is 1.46. The first-order valence-electron chi connectivity index (χ1n) is 7.20. The summed E-state index contributed by atoms with van der Waals surface area (Å²) in [6.07, 6.45) is 3.02. The van der Waals surface area contributed by atoms with Crippen LogP contribution in [0, 0.1) is 17.0 Å². The fourth-order valence-electron chi connectivity index (χ4n) is 2.05. The number of amides is 2. The molecule has 0 saturated carbocycles. The van der Waals surface area contributed by atoms with Gasteiger partial charge >= 0.3 is 0 Å². The number of aromatic nitrogens is 1. The molecular weight excluding hydrogens is 312 g/mol. The topological polar surface area (TPSA) is 114 Å². The largest absolute Gasteiger partial charge is 0.350 e. The van der Waals surface area contributed by atoms with Crippen molar-refractivity contribution in [2.24, 2.45) is 0 Å². The molecule has 2 amide bonds. The third kappa shape index (κ3) is 4.35. The van der Waals surface area contributed by atoms with Gasteiger partial charge in [0.1, 0.15) is 0 Å². The average molecular weight is 328 g/mol. The number of rotatable bonds is 6. The number of hydrogen-bond acceptors (Lipinski definition) is 5. The van der Waals surface area contributed by atoms with E-state index in [4.69, 9.17) is 0 Å². The molecule has 0 aliphatic rings. The molecule has 8 nitrogen and oxygen atoms in total. The lowest BCUT2D eigenvalue weighted by Crippen LogP contribution is -2.34. The Morgan fingerprint density at radius 1 is 1.12 bits per heavy atom. The fourth-order valence-corrected chi connectivity index (χ4v) is 2.05. The van der Waals surface area contributed by atoms with Gasteiger partial charge in [0.25, 0.3) is 17.5 Å². The van der Waals surface area contributed by atoms with Crippen molar-refractivity contribution in [3.63, 3.8) is 0 Å². The van der Waals surface area contributed by atoms with Crippen LogP contribution in [0.1, 0.15) is 26.3 Å². The van der Waals surface area contributed by atoms with Gasteiger partial charge in [0.2, 0.25) is 0 Å². The van der Waals surface area contributed by atoms with Crippen molar-refractivity contribution in [2.45, 2.75) is 6.92 Å². The van der Waals surface area contributed by atoms with Crippen LogP contribution in [0.25, 0.3) is 0 Å². The van der Waals surface area contributed by atoms with Crippen LogP contribution in [-0.4, -0.2) is 34.8 Å². The number of nitrogens with zero attached hydrogens (tertiary/aromatic N) is 2. The Morgan fingerprint density at radius 2 is 1.79 bits per heavy atom. The zero-order chi connectivity index (χ0) is 17.5. The number of nitrogens with one attached hydrogen (secondary N) is 2. The van der Waals surface area contributed by atoms with Crippen molar-refractivity contribution in [1.82, 2.24) is 15.6 Å². The van der Waals surface area contributed by atoms with E-state index in [2.05, 4.69) is 15.6 Å². The lowest BCUT2D eigenvalue weighted by Gasteiger charge is -2.07. The third-order valence-electron chi connectivity index (χ3n) is 3.28. The molecule has 0 atom stereocenters. The monoisotopic (exact) mass is 328 g/mol. The Hall–Kier alpha value is -3.29. The number of carbonyl (C=O) groups excluding carboxylic acids is 2. The molecule has 2 rings (SSSR count). The number of benzene rings is 1. The highest BCUT2D eigenvalue weighted by Crippen LogP contribution is 2.18. The average Bonchev–Trinajstić information content (AvgIpc) is 2.58. The summed E-state index contributed by atoms with van der Waals surface area (Å²) >= 11 is 0. The van der Waals surface area contributed by atoms with Gasteiger partial charge in [-0.15, -0.1) is 0 Å². The van der Waals surface area contributed by atoms with E-state index in [0.717, 1.165) is 0 Å². The molecule has 0 bridgehead atoms. The summed E-state index contributed by atoms with van der Waals surface area (Å²) in [6.45, 7) is 2.06. The van der Waals surface area contributed by atoms with Gasteiger partial charge < -0.3 is 10.6 Å². The summed E-state index contributed by atoms with van der Waals surface area (Å²) < 4.78 is 0. The van der Waals surface area contributed by atoms with E-state index in [1.165, 1.54) is 24.4 Å². The predicted molar refractivity (Wildman–Crippen MR) is 86.7 cm³/mol. The normalized spacial score (nSPS) is 10.0. The van der Waals surface area contributed by atoms with Crippen molar-refractivity contribution in [1.29, 1.82) is 0 Å². The van der Waals surface area contributed by atoms with Crippen molar-refractivity contribution in [3.8, 4) is 0 Å². The Bertz CT molecular complexity index is 762. The van der Waals surface area contributed by atoms with E-state index in [1.54, 1.807) is 25.3 Å². The minimum absolute atomic E-state index is 0.0321. The van der Waals surface area contributed by atoms with Crippen LogP contribution in [0.3, 0.4) is 0 Å². The first kappa shape index (κ1) is 17.1. The second-order valence-electron chi connectivity index (χ2n) is 5.01. The molecule has 1 aromatic carbocycles. The van der Waals surface area contributed by atoms with Crippen molar-refractivity contribution >= 4 is 17.5 Å². The Morgan fingerprint density at radius 3 is 2.33 bits per heavy atom. The number of pyridine rings is 1. The van der Waals surface area contributed by atoms with E-state index in [9.17, 15) is 19.7 Å². The summed E-state index contributed by atoms with van der Waals surface area (Å²) in [4.78, 5) is 37.9. The summed E-state index contributed by atoms with van der Waals surface area (Å²) in [5.74, 6) is -0.632. The summed E-state index contributed by atoms with van der Waals surface area (Å²) in [5.41, 5.74) is 1.15. The van der Waals surface area contributed by atoms with Crippen LogP contribution in [0.4, 0.5) is 5.69 Å². The highest BCUT2D eigenvalue weighted by molar-refractivity contribution is 5.95. The van der Waals surface area contributed by atoms with E-state index >= 15 is 0 Å².